The van der Waals surface area contributed by atoms with Gasteiger partial charge in [0.1, 0.15) is 0 Å². The maximum Gasteiger partial charge on any atom is 0.239 e. The summed E-state index contributed by atoms with van der Waals surface area (Å²) in [5.74, 6) is 0.0670. The van der Waals surface area contributed by atoms with Crippen LogP contribution in [0.25, 0.3) is 0 Å². The van der Waals surface area contributed by atoms with Crippen molar-refractivity contribution >= 4 is 5.91 Å². The van der Waals surface area contributed by atoms with Crippen LogP contribution in [0.2, 0.25) is 0 Å². The Balaban J connectivity index is 2.25. The van der Waals surface area contributed by atoms with Gasteiger partial charge in [0.25, 0.3) is 0 Å². The number of hydrogen-bond donors (Lipinski definition) is 2. The van der Waals surface area contributed by atoms with E-state index in [4.69, 9.17) is 0 Å². The van der Waals surface area contributed by atoms with Crippen LogP contribution in [0.3, 0.4) is 0 Å². The molecule has 0 aromatic heterocycles. The standard InChI is InChI=1S/C13H18N2O/c1-9-6-4-5-7-10(9)11-8-14-12(16)13(2,3)15-11/h4-7,11,15H,8H2,1-3H3,(H,14,16). The minimum atomic E-state index is -0.495. The van der Waals surface area contributed by atoms with E-state index in [1.54, 1.807) is 0 Å². The van der Waals surface area contributed by atoms with Crippen molar-refractivity contribution < 1.29 is 4.79 Å². The lowest BCUT2D eigenvalue weighted by atomic mass is 9.93. The number of nitrogens with one attached hydrogen (secondary N) is 2. The molecule has 1 aromatic rings. The molecule has 1 aliphatic rings. The molecule has 1 fully saturated rings. The summed E-state index contributed by atoms with van der Waals surface area (Å²) in [5.41, 5.74) is 2.02. The average Bonchev–Trinajstić information content (AvgIpc) is 2.23. The van der Waals surface area contributed by atoms with Crippen LogP contribution in [0.5, 0.6) is 0 Å². The van der Waals surface area contributed by atoms with Gasteiger partial charge in [-0.3, -0.25) is 10.1 Å². The molecule has 0 bridgehead atoms. The summed E-state index contributed by atoms with van der Waals surface area (Å²) in [7, 11) is 0. The van der Waals surface area contributed by atoms with Crippen molar-refractivity contribution in [2.45, 2.75) is 32.4 Å². The molecule has 86 valence electrons. The largest absolute Gasteiger partial charge is 0.353 e. The molecule has 1 aromatic carbocycles. The van der Waals surface area contributed by atoms with E-state index >= 15 is 0 Å². The summed E-state index contributed by atoms with van der Waals surface area (Å²) >= 11 is 0. The van der Waals surface area contributed by atoms with Crippen LogP contribution < -0.4 is 10.6 Å². The van der Waals surface area contributed by atoms with Gasteiger partial charge < -0.3 is 5.32 Å². The fourth-order valence-electron chi connectivity index (χ4n) is 2.13. The van der Waals surface area contributed by atoms with Gasteiger partial charge in [-0.05, 0) is 31.9 Å². The van der Waals surface area contributed by atoms with Crippen molar-refractivity contribution in [3.63, 3.8) is 0 Å². The van der Waals surface area contributed by atoms with E-state index in [1.807, 2.05) is 26.0 Å². The minimum Gasteiger partial charge on any atom is -0.353 e. The molecule has 0 radical (unpaired) electrons. The molecule has 1 aliphatic heterocycles. The lowest BCUT2D eigenvalue weighted by molar-refractivity contribution is -0.128. The summed E-state index contributed by atoms with van der Waals surface area (Å²) in [4.78, 5) is 11.6. The van der Waals surface area contributed by atoms with Crippen LogP contribution >= 0.6 is 0 Å². The second-order valence-electron chi connectivity index (χ2n) is 4.89. The third-order valence-electron chi connectivity index (χ3n) is 3.13. The van der Waals surface area contributed by atoms with Crippen molar-refractivity contribution in [3.05, 3.63) is 35.4 Å². The molecule has 2 N–H and O–H groups in total. The normalized spacial score (nSPS) is 23.9. The first-order chi connectivity index (χ1) is 7.50. The molecular weight excluding hydrogens is 200 g/mol. The molecule has 0 aliphatic carbocycles. The monoisotopic (exact) mass is 218 g/mol. The van der Waals surface area contributed by atoms with Gasteiger partial charge in [-0.1, -0.05) is 24.3 Å². The zero-order valence-electron chi connectivity index (χ0n) is 10.0. The number of carbonyl (C=O) groups excluding carboxylic acids is 1. The lowest BCUT2D eigenvalue weighted by Gasteiger charge is -2.37. The predicted octanol–water partition coefficient (Wildman–Crippen LogP) is 1.53. The molecule has 1 atom stereocenters. The van der Waals surface area contributed by atoms with Crippen LogP contribution in [0.1, 0.15) is 31.0 Å². The second-order valence-corrected chi connectivity index (χ2v) is 4.89. The number of aryl methyl sites for hydroxylation is 1. The van der Waals surface area contributed by atoms with E-state index in [-0.39, 0.29) is 11.9 Å². The Morgan fingerprint density at radius 1 is 1.31 bits per heavy atom. The predicted molar refractivity (Wildman–Crippen MR) is 64.1 cm³/mol. The lowest BCUT2D eigenvalue weighted by Crippen LogP contribution is -2.60. The third kappa shape index (κ3) is 1.95. The molecule has 1 unspecified atom stereocenters. The fourth-order valence-corrected chi connectivity index (χ4v) is 2.13. The van der Waals surface area contributed by atoms with E-state index < -0.39 is 5.54 Å². The van der Waals surface area contributed by atoms with Crippen LogP contribution in [0.15, 0.2) is 24.3 Å². The number of hydrogen-bond acceptors (Lipinski definition) is 2. The summed E-state index contributed by atoms with van der Waals surface area (Å²) in [5, 5.41) is 6.33. The van der Waals surface area contributed by atoms with Gasteiger partial charge in [-0.15, -0.1) is 0 Å². The first kappa shape index (κ1) is 11.1. The highest BCUT2D eigenvalue weighted by molar-refractivity contribution is 5.86. The highest BCUT2D eigenvalue weighted by Gasteiger charge is 2.35. The van der Waals surface area contributed by atoms with E-state index in [1.165, 1.54) is 11.1 Å². The molecule has 3 heteroatoms. The zero-order valence-corrected chi connectivity index (χ0v) is 10.0. The highest BCUT2D eigenvalue weighted by Crippen LogP contribution is 2.22. The summed E-state index contributed by atoms with van der Waals surface area (Å²) in [6.07, 6.45) is 0. The number of benzene rings is 1. The highest BCUT2D eigenvalue weighted by atomic mass is 16.2. The zero-order chi connectivity index (χ0) is 11.8. The summed E-state index contributed by atoms with van der Waals surface area (Å²) < 4.78 is 0. The molecule has 0 saturated carbocycles. The van der Waals surface area contributed by atoms with E-state index in [0.717, 1.165) is 0 Å². The Labute approximate surface area is 96.2 Å². The van der Waals surface area contributed by atoms with Crippen molar-refractivity contribution in [3.8, 4) is 0 Å². The smallest absolute Gasteiger partial charge is 0.239 e. The number of amides is 1. The van der Waals surface area contributed by atoms with E-state index in [9.17, 15) is 4.79 Å². The van der Waals surface area contributed by atoms with Crippen LogP contribution in [-0.2, 0) is 4.79 Å². The van der Waals surface area contributed by atoms with Crippen molar-refractivity contribution in [1.82, 2.24) is 10.6 Å². The molecule has 0 spiro atoms. The van der Waals surface area contributed by atoms with Crippen molar-refractivity contribution in [2.75, 3.05) is 6.54 Å². The molecule has 3 nitrogen and oxygen atoms in total. The third-order valence-corrected chi connectivity index (χ3v) is 3.13. The van der Waals surface area contributed by atoms with E-state index in [2.05, 4.69) is 29.7 Å². The first-order valence-corrected chi connectivity index (χ1v) is 5.62. The Morgan fingerprint density at radius 2 is 2.00 bits per heavy atom. The SMILES string of the molecule is Cc1ccccc1C1CNC(=O)C(C)(C)N1. The molecule has 1 saturated heterocycles. The minimum absolute atomic E-state index is 0.0670. The van der Waals surface area contributed by atoms with Gasteiger partial charge in [0.15, 0.2) is 0 Å². The van der Waals surface area contributed by atoms with Gasteiger partial charge in [-0.2, -0.15) is 0 Å². The summed E-state index contributed by atoms with van der Waals surface area (Å²) in [6, 6.07) is 8.48. The first-order valence-electron chi connectivity index (χ1n) is 5.62. The van der Waals surface area contributed by atoms with Gasteiger partial charge in [0, 0.05) is 6.54 Å². The Bertz CT molecular complexity index is 412. The molecular formula is C13H18N2O. The number of rotatable bonds is 1. The van der Waals surface area contributed by atoms with Crippen LogP contribution in [0, 0.1) is 6.92 Å². The quantitative estimate of drug-likeness (QED) is 0.750. The number of carbonyl (C=O) groups is 1. The van der Waals surface area contributed by atoms with Gasteiger partial charge in [-0.25, -0.2) is 0 Å². The van der Waals surface area contributed by atoms with Gasteiger partial charge in [0.2, 0.25) is 5.91 Å². The van der Waals surface area contributed by atoms with Crippen molar-refractivity contribution in [1.29, 1.82) is 0 Å². The molecule has 16 heavy (non-hydrogen) atoms. The van der Waals surface area contributed by atoms with E-state index in [0.29, 0.717) is 6.54 Å². The van der Waals surface area contributed by atoms with Gasteiger partial charge >= 0.3 is 0 Å². The molecule has 1 amide bonds. The number of piperazine rings is 1. The Morgan fingerprint density at radius 3 is 2.62 bits per heavy atom. The molecule has 2 rings (SSSR count). The topological polar surface area (TPSA) is 41.1 Å². The van der Waals surface area contributed by atoms with Crippen LogP contribution in [0.4, 0.5) is 0 Å². The maximum atomic E-state index is 11.6. The summed E-state index contributed by atoms with van der Waals surface area (Å²) in [6.45, 7) is 6.58. The van der Waals surface area contributed by atoms with Gasteiger partial charge in [0.05, 0.1) is 11.6 Å². The Hall–Kier alpha value is -1.35. The fraction of sp³-hybridized carbons (Fsp3) is 0.462. The second kappa shape index (κ2) is 3.91. The molecule has 1 heterocycles. The Kier molecular flexibility index (Phi) is 2.72. The van der Waals surface area contributed by atoms with Crippen molar-refractivity contribution in [2.24, 2.45) is 0 Å². The maximum absolute atomic E-state index is 11.6. The average molecular weight is 218 g/mol. The van der Waals surface area contributed by atoms with Crippen LogP contribution in [-0.4, -0.2) is 18.0 Å².